The molecule has 3 rings (SSSR count). The van der Waals surface area contributed by atoms with Crippen LogP contribution in [0, 0.1) is 0 Å². The van der Waals surface area contributed by atoms with E-state index in [4.69, 9.17) is 0 Å². The van der Waals surface area contributed by atoms with E-state index in [1.54, 1.807) is 0 Å². The number of fused-ring (bicyclic) bond motifs is 1. The van der Waals surface area contributed by atoms with Crippen molar-refractivity contribution < 1.29 is 0 Å². The Labute approximate surface area is 108 Å². The van der Waals surface area contributed by atoms with Gasteiger partial charge in [-0.25, -0.2) is 4.98 Å². The lowest BCUT2D eigenvalue weighted by atomic mass is 10.1. The van der Waals surface area contributed by atoms with Gasteiger partial charge in [0.2, 0.25) is 0 Å². The molecule has 0 spiro atoms. The summed E-state index contributed by atoms with van der Waals surface area (Å²) in [6.45, 7) is 3.44. The maximum atomic E-state index is 4.42. The van der Waals surface area contributed by atoms with Gasteiger partial charge in [0, 0.05) is 0 Å². The fraction of sp³-hybridized carbons (Fsp3) is 0.462. The first-order valence-electron chi connectivity index (χ1n) is 6.06. The maximum Gasteiger partial charge on any atom is 0.0969 e. The molecule has 0 N–H and O–H groups in total. The lowest BCUT2D eigenvalue weighted by Crippen LogP contribution is -2.31. The van der Waals surface area contributed by atoms with Crippen molar-refractivity contribution in [3.05, 3.63) is 30.6 Å². The fourth-order valence-electron chi connectivity index (χ4n) is 2.44. The van der Waals surface area contributed by atoms with Crippen LogP contribution in [0.3, 0.4) is 0 Å². The summed E-state index contributed by atoms with van der Waals surface area (Å²) in [7, 11) is 0. The summed E-state index contributed by atoms with van der Waals surface area (Å²) in [4.78, 5) is 6.93. The Hall–Kier alpha value is -1.06. The molecule has 0 saturated carbocycles. The van der Waals surface area contributed by atoms with Crippen molar-refractivity contribution in [2.45, 2.75) is 25.9 Å². The van der Waals surface area contributed by atoms with E-state index in [1.807, 2.05) is 12.4 Å². The summed E-state index contributed by atoms with van der Waals surface area (Å²) >= 11 is 0. The van der Waals surface area contributed by atoms with Crippen molar-refractivity contribution in [1.82, 2.24) is 14.5 Å². The molecule has 4 heteroatoms. The normalized spacial score (nSPS) is 16.9. The van der Waals surface area contributed by atoms with Gasteiger partial charge in [0.15, 0.2) is 0 Å². The first kappa shape index (κ1) is 12.4. The predicted molar refractivity (Wildman–Crippen MR) is 72.4 cm³/mol. The number of nitrogens with zero attached hydrogens (tertiary/aromatic N) is 3. The molecule has 3 nitrogen and oxygen atoms in total. The van der Waals surface area contributed by atoms with Gasteiger partial charge in [-0.1, -0.05) is 18.6 Å². The zero-order valence-corrected chi connectivity index (χ0v) is 10.7. The average molecular weight is 252 g/mol. The minimum atomic E-state index is 0. The van der Waals surface area contributed by atoms with Crippen LogP contribution >= 0.6 is 12.4 Å². The first-order valence-corrected chi connectivity index (χ1v) is 6.06. The van der Waals surface area contributed by atoms with E-state index >= 15 is 0 Å². The van der Waals surface area contributed by atoms with Crippen LogP contribution in [0.4, 0.5) is 0 Å². The van der Waals surface area contributed by atoms with Gasteiger partial charge in [0.05, 0.1) is 24.0 Å². The van der Waals surface area contributed by atoms with Crippen LogP contribution < -0.4 is 0 Å². The highest BCUT2D eigenvalue weighted by molar-refractivity contribution is 5.85. The van der Waals surface area contributed by atoms with Crippen molar-refractivity contribution in [3.63, 3.8) is 0 Å². The van der Waals surface area contributed by atoms with Gasteiger partial charge in [0.1, 0.15) is 0 Å². The van der Waals surface area contributed by atoms with Crippen LogP contribution in [-0.4, -0.2) is 27.5 Å². The SMILES string of the molecule is Cl.c1ccc2c(c1)ncn2CN1CCCCC1. The molecule has 1 aromatic carbocycles. The second-order valence-corrected chi connectivity index (χ2v) is 4.52. The van der Waals surface area contributed by atoms with E-state index < -0.39 is 0 Å². The number of hydrogen-bond acceptors (Lipinski definition) is 2. The van der Waals surface area contributed by atoms with E-state index in [1.165, 1.54) is 37.9 Å². The largest absolute Gasteiger partial charge is 0.317 e. The fourth-order valence-corrected chi connectivity index (χ4v) is 2.44. The van der Waals surface area contributed by atoms with Gasteiger partial charge in [-0.3, -0.25) is 4.90 Å². The number of halogens is 1. The Morgan fingerprint density at radius 1 is 1.06 bits per heavy atom. The minimum Gasteiger partial charge on any atom is -0.317 e. The third-order valence-electron chi connectivity index (χ3n) is 3.33. The Morgan fingerprint density at radius 2 is 1.82 bits per heavy atom. The third-order valence-corrected chi connectivity index (χ3v) is 3.33. The van der Waals surface area contributed by atoms with Crippen LogP contribution in [0.15, 0.2) is 30.6 Å². The molecule has 92 valence electrons. The van der Waals surface area contributed by atoms with Crippen LogP contribution in [0.5, 0.6) is 0 Å². The molecular weight excluding hydrogens is 234 g/mol. The van der Waals surface area contributed by atoms with Crippen LogP contribution in [0.1, 0.15) is 19.3 Å². The second kappa shape index (κ2) is 5.52. The molecule has 1 saturated heterocycles. The average Bonchev–Trinajstić information content (AvgIpc) is 2.74. The van der Waals surface area contributed by atoms with Crippen molar-refractivity contribution in [3.8, 4) is 0 Å². The smallest absolute Gasteiger partial charge is 0.0969 e. The zero-order valence-electron chi connectivity index (χ0n) is 9.88. The molecule has 17 heavy (non-hydrogen) atoms. The van der Waals surface area contributed by atoms with Gasteiger partial charge in [0.25, 0.3) is 0 Å². The minimum absolute atomic E-state index is 0. The molecule has 0 amide bonds. The topological polar surface area (TPSA) is 21.1 Å². The molecule has 0 bridgehead atoms. The molecule has 2 heterocycles. The zero-order chi connectivity index (χ0) is 10.8. The molecular formula is C13H18ClN3. The number of rotatable bonds is 2. The molecule has 0 atom stereocenters. The first-order chi connectivity index (χ1) is 7.93. The van der Waals surface area contributed by atoms with Gasteiger partial charge in [-0.05, 0) is 38.1 Å². The van der Waals surface area contributed by atoms with E-state index in [0.717, 1.165) is 12.2 Å². The van der Waals surface area contributed by atoms with Crippen LogP contribution in [-0.2, 0) is 6.67 Å². The molecule has 0 unspecified atom stereocenters. The molecule has 0 radical (unpaired) electrons. The monoisotopic (exact) mass is 251 g/mol. The van der Waals surface area contributed by atoms with E-state index in [9.17, 15) is 0 Å². The number of likely N-dealkylation sites (tertiary alicyclic amines) is 1. The second-order valence-electron chi connectivity index (χ2n) is 4.52. The Balaban J connectivity index is 0.00000108. The summed E-state index contributed by atoms with van der Waals surface area (Å²) in [5, 5.41) is 0. The number of para-hydroxylation sites is 2. The summed E-state index contributed by atoms with van der Waals surface area (Å²) in [6, 6.07) is 8.34. The Morgan fingerprint density at radius 3 is 2.65 bits per heavy atom. The summed E-state index contributed by atoms with van der Waals surface area (Å²) in [5.74, 6) is 0. The molecule has 1 fully saturated rings. The Bertz CT molecular complexity index is 474. The number of hydrogen-bond donors (Lipinski definition) is 0. The van der Waals surface area contributed by atoms with E-state index in [0.29, 0.717) is 0 Å². The van der Waals surface area contributed by atoms with Crippen molar-refractivity contribution in [2.75, 3.05) is 13.1 Å². The summed E-state index contributed by atoms with van der Waals surface area (Å²) in [6.07, 6.45) is 6.03. The maximum absolute atomic E-state index is 4.42. The van der Waals surface area contributed by atoms with E-state index in [-0.39, 0.29) is 12.4 Å². The van der Waals surface area contributed by atoms with Gasteiger partial charge in [-0.2, -0.15) is 0 Å². The van der Waals surface area contributed by atoms with E-state index in [2.05, 4.69) is 32.7 Å². The lowest BCUT2D eigenvalue weighted by molar-refractivity contribution is 0.185. The van der Waals surface area contributed by atoms with Gasteiger partial charge in [-0.15, -0.1) is 12.4 Å². The van der Waals surface area contributed by atoms with Crippen molar-refractivity contribution in [2.24, 2.45) is 0 Å². The Kier molecular flexibility index (Phi) is 4.02. The van der Waals surface area contributed by atoms with Gasteiger partial charge >= 0.3 is 0 Å². The molecule has 1 aliphatic rings. The van der Waals surface area contributed by atoms with Gasteiger partial charge < -0.3 is 4.57 Å². The molecule has 1 aromatic heterocycles. The number of piperidine rings is 1. The molecule has 0 aliphatic carbocycles. The van der Waals surface area contributed by atoms with Crippen molar-refractivity contribution in [1.29, 1.82) is 0 Å². The third kappa shape index (κ3) is 2.61. The summed E-state index contributed by atoms with van der Waals surface area (Å²) < 4.78 is 2.25. The molecule has 1 aliphatic heterocycles. The summed E-state index contributed by atoms with van der Waals surface area (Å²) in [5.41, 5.74) is 2.34. The number of imidazole rings is 1. The van der Waals surface area contributed by atoms with Crippen LogP contribution in [0.25, 0.3) is 11.0 Å². The highest BCUT2D eigenvalue weighted by atomic mass is 35.5. The predicted octanol–water partition coefficient (Wildman–Crippen LogP) is 2.90. The molecule has 2 aromatic rings. The number of aromatic nitrogens is 2. The highest BCUT2D eigenvalue weighted by Crippen LogP contribution is 2.15. The highest BCUT2D eigenvalue weighted by Gasteiger charge is 2.11. The lowest BCUT2D eigenvalue weighted by Gasteiger charge is -2.26. The van der Waals surface area contributed by atoms with Crippen molar-refractivity contribution >= 4 is 23.4 Å². The standard InChI is InChI=1S/C13H17N3.ClH/c1-4-8-15(9-5-1)11-16-10-14-12-6-2-3-7-13(12)16;/h2-3,6-7,10H,1,4-5,8-9,11H2;1H. The quantitative estimate of drug-likeness (QED) is 0.818. The number of benzene rings is 1. The van der Waals surface area contributed by atoms with Crippen LogP contribution in [0.2, 0.25) is 0 Å².